The van der Waals surface area contributed by atoms with Crippen LogP contribution in [0.1, 0.15) is 17.3 Å². The third-order valence-electron chi connectivity index (χ3n) is 2.10. The molecule has 0 radical (unpaired) electrons. The van der Waals surface area contributed by atoms with Crippen LogP contribution in [0.5, 0.6) is 5.75 Å². The highest BCUT2D eigenvalue weighted by Gasteiger charge is 2.18. The first-order chi connectivity index (χ1) is 8.06. The molecule has 0 N–H and O–H groups in total. The molecule has 0 heterocycles. The van der Waals surface area contributed by atoms with Crippen LogP contribution in [-0.4, -0.2) is 31.0 Å². The summed E-state index contributed by atoms with van der Waals surface area (Å²) in [5, 5.41) is 10.8. The topological polar surface area (TPSA) is 78.7 Å². The van der Waals surface area contributed by atoms with Crippen LogP contribution in [0.25, 0.3) is 0 Å². The molecule has 17 heavy (non-hydrogen) atoms. The number of nitro benzene ring substituents is 1. The zero-order valence-electron chi connectivity index (χ0n) is 9.63. The van der Waals surface area contributed by atoms with Crippen molar-refractivity contribution in [2.24, 2.45) is 0 Å². The molecule has 0 amide bonds. The number of rotatable bonds is 6. The van der Waals surface area contributed by atoms with Crippen molar-refractivity contribution in [3.8, 4) is 5.75 Å². The van der Waals surface area contributed by atoms with E-state index in [0.29, 0.717) is 19.0 Å². The summed E-state index contributed by atoms with van der Waals surface area (Å²) in [4.78, 5) is 21.4. The number of ether oxygens (including phenoxy) is 2. The SMILES string of the molecule is COCCOc1ccc(C(C)=O)c([N+](=O)[O-])c1. The molecule has 0 saturated heterocycles. The van der Waals surface area contributed by atoms with Crippen molar-refractivity contribution in [1.29, 1.82) is 0 Å². The van der Waals surface area contributed by atoms with E-state index in [-0.39, 0.29) is 17.0 Å². The van der Waals surface area contributed by atoms with E-state index in [1.807, 2.05) is 0 Å². The predicted molar refractivity (Wildman–Crippen MR) is 60.5 cm³/mol. The number of nitrogens with zero attached hydrogens (tertiary/aromatic N) is 1. The summed E-state index contributed by atoms with van der Waals surface area (Å²) < 4.78 is 10.0. The predicted octanol–water partition coefficient (Wildman–Crippen LogP) is 1.82. The Labute approximate surface area is 98.3 Å². The van der Waals surface area contributed by atoms with Gasteiger partial charge in [-0.1, -0.05) is 0 Å². The van der Waals surface area contributed by atoms with Crippen LogP contribution >= 0.6 is 0 Å². The summed E-state index contributed by atoms with van der Waals surface area (Å²) in [7, 11) is 1.53. The first kappa shape index (κ1) is 13.1. The van der Waals surface area contributed by atoms with Crippen LogP contribution in [0.2, 0.25) is 0 Å². The summed E-state index contributed by atoms with van der Waals surface area (Å²) >= 11 is 0. The zero-order valence-corrected chi connectivity index (χ0v) is 9.63. The average Bonchev–Trinajstić information content (AvgIpc) is 2.29. The van der Waals surface area contributed by atoms with Crippen molar-refractivity contribution in [1.82, 2.24) is 0 Å². The molecule has 6 heteroatoms. The summed E-state index contributed by atoms with van der Waals surface area (Å²) in [6, 6.07) is 4.16. The van der Waals surface area contributed by atoms with Gasteiger partial charge in [-0.25, -0.2) is 0 Å². The fraction of sp³-hybridized carbons (Fsp3) is 0.364. The maximum atomic E-state index is 11.2. The Morgan fingerprint density at radius 3 is 2.65 bits per heavy atom. The van der Waals surface area contributed by atoms with E-state index in [1.165, 1.54) is 32.2 Å². The van der Waals surface area contributed by atoms with E-state index >= 15 is 0 Å². The molecular formula is C11H13NO5. The number of nitro groups is 1. The van der Waals surface area contributed by atoms with Crippen molar-refractivity contribution in [2.75, 3.05) is 20.3 Å². The highest BCUT2D eigenvalue weighted by Crippen LogP contribution is 2.25. The van der Waals surface area contributed by atoms with Crippen LogP contribution in [0.3, 0.4) is 0 Å². The molecule has 1 aromatic rings. The largest absolute Gasteiger partial charge is 0.491 e. The normalized spacial score (nSPS) is 10.0. The minimum atomic E-state index is -0.597. The second-order valence-corrected chi connectivity index (χ2v) is 3.33. The van der Waals surface area contributed by atoms with Gasteiger partial charge in [0.1, 0.15) is 12.4 Å². The molecule has 0 spiro atoms. The monoisotopic (exact) mass is 239 g/mol. The standard InChI is InChI=1S/C11H13NO5/c1-8(13)10-4-3-9(17-6-5-16-2)7-11(10)12(14)15/h3-4,7H,5-6H2,1-2H3. The van der Waals surface area contributed by atoms with Crippen molar-refractivity contribution in [3.05, 3.63) is 33.9 Å². The van der Waals surface area contributed by atoms with Gasteiger partial charge >= 0.3 is 0 Å². The van der Waals surface area contributed by atoms with E-state index in [9.17, 15) is 14.9 Å². The molecule has 0 aromatic heterocycles. The number of Topliss-reactive ketones (excluding diaryl/α,β-unsaturated/α-hetero) is 1. The lowest BCUT2D eigenvalue weighted by Gasteiger charge is -2.06. The Hall–Kier alpha value is -1.95. The van der Waals surface area contributed by atoms with Gasteiger partial charge < -0.3 is 9.47 Å². The Bertz CT molecular complexity index is 430. The first-order valence-corrected chi connectivity index (χ1v) is 4.97. The Kier molecular flexibility index (Phi) is 4.59. The molecule has 0 atom stereocenters. The van der Waals surface area contributed by atoms with Gasteiger partial charge in [-0.2, -0.15) is 0 Å². The van der Waals surface area contributed by atoms with Crippen LogP contribution in [-0.2, 0) is 4.74 Å². The summed E-state index contributed by atoms with van der Waals surface area (Å²) in [5.74, 6) is -0.00103. The summed E-state index contributed by atoms with van der Waals surface area (Å²) in [5.41, 5.74) is -0.165. The third-order valence-corrected chi connectivity index (χ3v) is 2.10. The summed E-state index contributed by atoms with van der Waals surface area (Å²) in [6.07, 6.45) is 0. The molecule has 0 unspecified atom stereocenters. The quantitative estimate of drug-likeness (QED) is 0.327. The van der Waals surface area contributed by atoms with Crippen molar-refractivity contribution < 1.29 is 19.2 Å². The lowest BCUT2D eigenvalue weighted by molar-refractivity contribution is -0.385. The van der Waals surface area contributed by atoms with Gasteiger partial charge in [0.15, 0.2) is 5.78 Å². The van der Waals surface area contributed by atoms with Crippen molar-refractivity contribution in [3.63, 3.8) is 0 Å². The molecule has 0 saturated carbocycles. The number of carbonyl (C=O) groups excluding carboxylic acids is 1. The summed E-state index contributed by atoms with van der Waals surface area (Å²) in [6.45, 7) is 1.98. The van der Waals surface area contributed by atoms with Gasteiger partial charge in [-0.05, 0) is 19.1 Å². The number of hydrogen-bond donors (Lipinski definition) is 0. The number of methoxy groups -OCH3 is 1. The Morgan fingerprint density at radius 2 is 2.12 bits per heavy atom. The number of ketones is 1. The number of hydrogen-bond acceptors (Lipinski definition) is 5. The second kappa shape index (κ2) is 5.95. The lowest BCUT2D eigenvalue weighted by Crippen LogP contribution is -2.06. The van der Waals surface area contributed by atoms with E-state index in [1.54, 1.807) is 0 Å². The van der Waals surface area contributed by atoms with Crippen LogP contribution in [0, 0.1) is 10.1 Å². The van der Waals surface area contributed by atoms with Crippen LogP contribution in [0.15, 0.2) is 18.2 Å². The molecule has 1 rings (SSSR count). The first-order valence-electron chi connectivity index (χ1n) is 4.97. The van der Waals surface area contributed by atoms with Crippen LogP contribution in [0.4, 0.5) is 5.69 Å². The van der Waals surface area contributed by atoms with E-state index < -0.39 is 4.92 Å². The van der Waals surface area contributed by atoms with Gasteiger partial charge in [-0.3, -0.25) is 14.9 Å². The van der Waals surface area contributed by atoms with Gasteiger partial charge in [-0.15, -0.1) is 0 Å². The van der Waals surface area contributed by atoms with Gasteiger partial charge in [0.2, 0.25) is 0 Å². The smallest absolute Gasteiger partial charge is 0.283 e. The molecule has 0 aliphatic rings. The second-order valence-electron chi connectivity index (χ2n) is 3.33. The molecule has 92 valence electrons. The Balaban J connectivity index is 2.94. The number of benzene rings is 1. The van der Waals surface area contributed by atoms with E-state index in [0.717, 1.165) is 0 Å². The molecule has 0 fully saturated rings. The maximum Gasteiger partial charge on any atom is 0.283 e. The van der Waals surface area contributed by atoms with Gasteiger partial charge in [0.05, 0.1) is 23.2 Å². The van der Waals surface area contributed by atoms with E-state index in [4.69, 9.17) is 9.47 Å². The van der Waals surface area contributed by atoms with Crippen LogP contribution < -0.4 is 4.74 Å². The minimum Gasteiger partial charge on any atom is -0.491 e. The highest BCUT2D eigenvalue weighted by atomic mass is 16.6. The maximum absolute atomic E-state index is 11.2. The molecule has 0 aliphatic carbocycles. The highest BCUT2D eigenvalue weighted by molar-refractivity contribution is 5.98. The van der Waals surface area contributed by atoms with E-state index in [2.05, 4.69) is 0 Å². The van der Waals surface area contributed by atoms with Gasteiger partial charge in [0, 0.05) is 7.11 Å². The molecule has 6 nitrogen and oxygen atoms in total. The molecule has 0 bridgehead atoms. The fourth-order valence-electron chi connectivity index (χ4n) is 1.29. The number of carbonyl (C=O) groups is 1. The van der Waals surface area contributed by atoms with Gasteiger partial charge in [0.25, 0.3) is 5.69 Å². The zero-order chi connectivity index (χ0) is 12.8. The lowest BCUT2D eigenvalue weighted by atomic mass is 10.1. The van der Waals surface area contributed by atoms with Crippen molar-refractivity contribution in [2.45, 2.75) is 6.92 Å². The Morgan fingerprint density at radius 1 is 1.41 bits per heavy atom. The van der Waals surface area contributed by atoms with Crippen molar-refractivity contribution >= 4 is 11.5 Å². The fourth-order valence-corrected chi connectivity index (χ4v) is 1.29. The molecule has 0 aliphatic heterocycles. The molecular weight excluding hydrogens is 226 g/mol. The molecule has 1 aromatic carbocycles. The average molecular weight is 239 g/mol. The minimum absolute atomic E-state index is 0.0779. The third kappa shape index (κ3) is 3.53.